The highest BCUT2D eigenvalue weighted by molar-refractivity contribution is 5.67. The molecule has 1 aromatic carbocycles. The summed E-state index contributed by atoms with van der Waals surface area (Å²) in [4.78, 5) is 15.6. The summed E-state index contributed by atoms with van der Waals surface area (Å²) < 4.78 is 10.1. The highest BCUT2D eigenvalue weighted by Crippen LogP contribution is 2.26. The van der Waals surface area contributed by atoms with Gasteiger partial charge in [-0.05, 0) is 24.6 Å². The van der Waals surface area contributed by atoms with E-state index >= 15 is 0 Å². The number of amides is 1. The highest BCUT2D eigenvalue weighted by Gasteiger charge is 2.21. The fraction of sp³-hybridized carbons (Fsp3) is 0.533. The Morgan fingerprint density at radius 3 is 2.62 bits per heavy atom. The molecule has 0 radical (unpaired) electrons. The molecule has 0 unspecified atom stereocenters. The van der Waals surface area contributed by atoms with E-state index in [1.165, 1.54) is 7.11 Å². The lowest BCUT2D eigenvalue weighted by Crippen LogP contribution is -2.48. The van der Waals surface area contributed by atoms with Gasteiger partial charge in [0.25, 0.3) is 0 Å². The molecule has 0 spiro atoms. The smallest absolute Gasteiger partial charge is 0.409 e. The van der Waals surface area contributed by atoms with Crippen LogP contribution in [0.15, 0.2) is 18.2 Å². The molecule has 1 aliphatic heterocycles. The second-order valence-electron chi connectivity index (χ2n) is 4.97. The Hall–Kier alpha value is -1.95. The second-order valence-corrected chi connectivity index (χ2v) is 4.97. The lowest BCUT2D eigenvalue weighted by atomic mass is 10.1. The van der Waals surface area contributed by atoms with E-state index in [1.807, 2.05) is 19.1 Å². The van der Waals surface area contributed by atoms with Crippen LogP contribution < -0.4 is 4.74 Å². The van der Waals surface area contributed by atoms with Crippen LogP contribution in [-0.2, 0) is 11.3 Å². The molecule has 1 fully saturated rings. The van der Waals surface area contributed by atoms with E-state index < -0.39 is 0 Å². The number of nitrogens with zero attached hydrogens (tertiary/aromatic N) is 2. The van der Waals surface area contributed by atoms with Crippen LogP contribution in [0.5, 0.6) is 11.5 Å². The molecule has 1 saturated heterocycles. The van der Waals surface area contributed by atoms with Crippen molar-refractivity contribution >= 4 is 6.09 Å². The average Bonchev–Trinajstić information content (AvgIpc) is 2.50. The molecule has 1 N–H and O–H groups in total. The number of methoxy groups -OCH3 is 1. The lowest BCUT2D eigenvalue weighted by molar-refractivity contribution is 0.0778. The summed E-state index contributed by atoms with van der Waals surface area (Å²) in [7, 11) is 1.54. The van der Waals surface area contributed by atoms with E-state index in [9.17, 15) is 9.90 Å². The molecular formula is C15H22N2O4. The molecule has 1 amide bonds. The number of phenols is 1. The van der Waals surface area contributed by atoms with Gasteiger partial charge in [-0.2, -0.15) is 0 Å². The monoisotopic (exact) mass is 294 g/mol. The van der Waals surface area contributed by atoms with Crippen LogP contribution in [0.1, 0.15) is 12.5 Å². The lowest BCUT2D eigenvalue weighted by Gasteiger charge is -2.34. The number of hydrogen-bond acceptors (Lipinski definition) is 5. The van der Waals surface area contributed by atoms with Crippen molar-refractivity contribution in [3.8, 4) is 11.5 Å². The van der Waals surface area contributed by atoms with Gasteiger partial charge < -0.3 is 19.5 Å². The Bertz CT molecular complexity index is 485. The molecule has 0 bridgehead atoms. The molecule has 1 aliphatic rings. The first-order valence-electron chi connectivity index (χ1n) is 7.14. The molecule has 0 atom stereocenters. The van der Waals surface area contributed by atoms with Gasteiger partial charge in [-0.25, -0.2) is 4.79 Å². The van der Waals surface area contributed by atoms with Crippen molar-refractivity contribution in [2.75, 3.05) is 39.9 Å². The first-order chi connectivity index (χ1) is 10.1. The van der Waals surface area contributed by atoms with Crippen LogP contribution in [-0.4, -0.2) is 60.9 Å². The van der Waals surface area contributed by atoms with E-state index in [4.69, 9.17) is 9.47 Å². The summed E-state index contributed by atoms with van der Waals surface area (Å²) in [5.41, 5.74) is 1.08. The van der Waals surface area contributed by atoms with Gasteiger partial charge in [-0.1, -0.05) is 6.07 Å². The van der Waals surface area contributed by atoms with Gasteiger partial charge in [0, 0.05) is 32.7 Å². The molecule has 1 heterocycles. The van der Waals surface area contributed by atoms with Crippen molar-refractivity contribution in [1.82, 2.24) is 9.80 Å². The number of rotatable bonds is 4. The third kappa shape index (κ3) is 4.01. The number of phenolic OH excluding ortho intramolecular Hbond substituents is 1. The van der Waals surface area contributed by atoms with Crippen LogP contribution in [0.4, 0.5) is 4.79 Å². The van der Waals surface area contributed by atoms with Gasteiger partial charge in [0.05, 0.1) is 13.7 Å². The van der Waals surface area contributed by atoms with Gasteiger partial charge in [0.2, 0.25) is 0 Å². The van der Waals surface area contributed by atoms with E-state index in [0.29, 0.717) is 25.4 Å². The number of hydrogen-bond donors (Lipinski definition) is 1. The van der Waals surface area contributed by atoms with Crippen molar-refractivity contribution in [2.45, 2.75) is 13.5 Å². The molecule has 2 rings (SSSR count). The van der Waals surface area contributed by atoms with Crippen molar-refractivity contribution in [2.24, 2.45) is 0 Å². The molecule has 21 heavy (non-hydrogen) atoms. The third-order valence-electron chi connectivity index (χ3n) is 3.55. The van der Waals surface area contributed by atoms with Gasteiger partial charge in [0.15, 0.2) is 11.5 Å². The Kier molecular flexibility index (Phi) is 5.27. The Labute approximate surface area is 124 Å². The van der Waals surface area contributed by atoms with E-state index in [-0.39, 0.29) is 11.8 Å². The average molecular weight is 294 g/mol. The topological polar surface area (TPSA) is 62.2 Å². The zero-order valence-corrected chi connectivity index (χ0v) is 12.5. The van der Waals surface area contributed by atoms with Crippen LogP contribution in [0.25, 0.3) is 0 Å². The molecular weight excluding hydrogens is 272 g/mol. The minimum Gasteiger partial charge on any atom is -0.504 e. The number of aromatic hydroxyl groups is 1. The number of piperazine rings is 1. The van der Waals surface area contributed by atoms with Crippen molar-refractivity contribution in [3.05, 3.63) is 23.8 Å². The summed E-state index contributed by atoms with van der Waals surface area (Å²) in [5, 5.41) is 9.59. The predicted molar refractivity (Wildman–Crippen MR) is 78.5 cm³/mol. The van der Waals surface area contributed by atoms with Crippen LogP contribution >= 0.6 is 0 Å². The zero-order chi connectivity index (χ0) is 15.2. The van der Waals surface area contributed by atoms with Crippen molar-refractivity contribution in [3.63, 3.8) is 0 Å². The highest BCUT2D eigenvalue weighted by atomic mass is 16.6. The van der Waals surface area contributed by atoms with Crippen molar-refractivity contribution in [1.29, 1.82) is 0 Å². The maximum Gasteiger partial charge on any atom is 0.409 e. The Morgan fingerprint density at radius 1 is 1.29 bits per heavy atom. The van der Waals surface area contributed by atoms with Crippen molar-refractivity contribution < 1.29 is 19.4 Å². The summed E-state index contributed by atoms with van der Waals surface area (Å²) in [6.45, 7) is 5.96. The fourth-order valence-electron chi connectivity index (χ4n) is 2.38. The minimum atomic E-state index is -0.233. The normalized spacial score (nSPS) is 15.8. The SMILES string of the molecule is CCOC(=O)N1CCN(Cc2ccc(O)c(OC)c2)CC1. The number of benzene rings is 1. The number of ether oxygens (including phenoxy) is 2. The van der Waals surface area contributed by atoms with E-state index in [1.54, 1.807) is 11.0 Å². The molecule has 6 nitrogen and oxygen atoms in total. The standard InChI is InChI=1S/C15H22N2O4/c1-3-21-15(19)17-8-6-16(7-9-17)11-12-4-5-13(18)14(10-12)20-2/h4-5,10,18H,3,6-9,11H2,1-2H3. The first kappa shape index (κ1) is 15.4. The van der Waals surface area contributed by atoms with Gasteiger partial charge in [-0.3, -0.25) is 4.90 Å². The van der Waals surface area contributed by atoms with Gasteiger partial charge in [-0.15, -0.1) is 0 Å². The van der Waals surface area contributed by atoms with E-state index in [0.717, 1.165) is 25.2 Å². The largest absolute Gasteiger partial charge is 0.504 e. The second kappa shape index (κ2) is 7.17. The molecule has 1 aromatic rings. The fourth-order valence-corrected chi connectivity index (χ4v) is 2.38. The molecule has 0 aromatic heterocycles. The van der Waals surface area contributed by atoms with Crippen LogP contribution in [0.2, 0.25) is 0 Å². The molecule has 0 saturated carbocycles. The van der Waals surface area contributed by atoms with E-state index in [2.05, 4.69) is 4.90 Å². The maximum atomic E-state index is 11.6. The maximum absolute atomic E-state index is 11.6. The molecule has 6 heteroatoms. The summed E-state index contributed by atoms with van der Waals surface area (Å²) >= 11 is 0. The zero-order valence-electron chi connectivity index (χ0n) is 12.5. The van der Waals surface area contributed by atoms with Gasteiger partial charge in [0.1, 0.15) is 0 Å². The Morgan fingerprint density at radius 2 is 2.00 bits per heavy atom. The van der Waals surface area contributed by atoms with Crippen LogP contribution in [0.3, 0.4) is 0 Å². The summed E-state index contributed by atoms with van der Waals surface area (Å²) in [6, 6.07) is 5.37. The Balaban J connectivity index is 1.87. The summed E-state index contributed by atoms with van der Waals surface area (Å²) in [6.07, 6.45) is -0.233. The predicted octanol–water partition coefficient (Wildman–Crippen LogP) is 1.67. The first-order valence-corrected chi connectivity index (χ1v) is 7.14. The summed E-state index contributed by atoms with van der Waals surface area (Å²) in [5.74, 6) is 0.631. The van der Waals surface area contributed by atoms with Gasteiger partial charge >= 0.3 is 6.09 Å². The number of carbonyl (C=O) groups is 1. The number of carbonyl (C=O) groups excluding carboxylic acids is 1. The third-order valence-corrected chi connectivity index (χ3v) is 3.55. The quantitative estimate of drug-likeness (QED) is 0.915. The minimum absolute atomic E-state index is 0.147. The van der Waals surface area contributed by atoms with Crippen LogP contribution in [0, 0.1) is 0 Å². The molecule has 0 aliphatic carbocycles. The molecule has 116 valence electrons.